The fourth-order valence-electron chi connectivity index (χ4n) is 4.24. The minimum Gasteiger partial charge on any atom is -0.422 e. The number of fused-ring (bicyclic) bond motifs is 3. The summed E-state index contributed by atoms with van der Waals surface area (Å²) in [7, 11) is 0. The SMILES string of the molecule is Cc1ccc(N2CCN(Cn3cc4c(=O)oc5ccccc5c4n3)CC2)c(C)c1. The number of piperazine rings is 1. The fourth-order valence-corrected chi connectivity index (χ4v) is 4.24. The van der Waals surface area contributed by atoms with E-state index in [1.54, 1.807) is 0 Å². The quantitative estimate of drug-likeness (QED) is 0.503. The Morgan fingerprint density at radius 2 is 1.79 bits per heavy atom. The van der Waals surface area contributed by atoms with Crippen molar-refractivity contribution in [2.75, 3.05) is 31.1 Å². The first-order chi connectivity index (χ1) is 14.1. The summed E-state index contributed by atoms with van der Waals surface area (Å²) in [5.74, 6) is 0. The second kappa shape index (κ2) is 7.04. The molecule has 0 aliphatic carbocycles. The van der Waals surface area contributed by atoms with Gasteiger partial charge in [-0.15, -0.1) is 0 Å². The van der Waals surface area contributed by atoms with Crippen molar-refractivity contribution in [1.82, 2.24) is 14.7 Å². The van der Waals surface area contributed by atoms with Crippen LogP contribution in [-0.4, -0.2) is 40.9 Å². The van der Waals surface area contributed by atoms with Gasteiger partial charge in [-0.2, -0.15) is 5.10 Å². The number of hydrogen-bond acceptors (Lipinski definition) is 5. The van der Waals surface area contributed by atoms with Gasteiger partial charge in [0.1, 0.15) is 16.5 Å². The average Bonchev–Trinajstić information content (AvgIpc) is 3.14. The predicted octanol–water partition coefficient (Wildman–Crippen LogP) is 3.54. The van der Waals surface area contributed by atoms with Crippen LogP contribution in [0.4, 0.5) is 5.69 Å². The van der Waals surface area contributed by atoms with E-state index in [0.717, 1.165) is 31.6 Å². The highest BCUT2D eigenvalue weighted by molar-refractivity contribution is 6.01. The third kappa shape index (κ3) is 3.29. The molecule has 0 saturated carbocycles. The maximum absolute atomic E-state index is 12.3. The van der Waals surface area contributed by atoms with Crippen molar-refractivity contribution >= 4 is 27.6 Å². The van der Waals surface area contributed by atoms with Gasteiger partial charge >= 0.3 is 5.63 Å². The smallest absolute Gasteiger partial charge is 0.347 e. The van der Waals surface area contributed by atoms with Gasteiger partial charge < -0.3 is 9.32 Å². The zero-order chi connectivity index (χ0) is 20.0. The van der Waals surface area contributed by atoms with Crippen molar-refractivity contribution in [2.45, 2.75) is 20.5 Å². The third-order valence-corrected chi connectivity index (χ3v) is 5.74. The van der Waals surface area contributed by atoms with Gasteiger partial charge in [0.15, 0.2) is 0 Å². The van der Waals surface area contributed by atoms with Crippen LogP contribution in [0.2, 0.25) is 0 Å². The summed E-state index contributed by atoms with van der Waals surface area (Å²) in [6.07, 6.45) is 1.81. The minimum atomic E-state index is -0.329. The predicted molar refractivity (Wildman–Crippen MR) is 115 cm³/mol. The number of aromatic nitrogens is 2. The molecule has 0 unspecified atom stereocenters. The highest BCUT2D eigenvalue weighted by Crippen LogP contribution is 2.23. The molecule has 148 valence electrons. The number of rotatable bonds is 3. The van der Waals surface area contributed by atoms with E-state index < -0.39 is 0 Å². The highest BCUT2D eigenvalue weighted by Gasteiger charge is 2.19. The Hall–Kier alpha value is -3.12. The molecule has 0 spiro atoms. The summed E-state index contributed by atoms with van der Waals surface area (Å²) < 4.78 is 7.29. The monoisotopic (exact) mass is 388 g/mol. The number of nitrogens with zero attached hydrogens (tertiary/aromatic N) is 4. The maximum Gasteiger partial charge on any atom is 0.347 e. The third-order valence-electron chi connectivity index (χ3n) is 5.74. The van der Waals surface area contributed by atoms with Crippen LogP contribution < -0.4 is 10.5 Å². The van der Waals surface area contributed by atoms with Crippen LogP contribution in [0.3, 0.4) is 0 Å². The molecule has 0 amide bonds. The summed E-state index contributed by atoms with van der Waals surface area (Å²) in [4.78, 5) is 17.1. The van der Waals surface area contributed by atoms with E-state index in [-0.39, 0.29) is 5.63 Å². The molecule has 1 aliphatic heterocycles. The van der Waals surface area contributed by atoms with Gasteiger partial charge in [0.2, 0.25) is 0 Å². The number of hydrogen-bond donors (Lipinski definition) is 0. The lowest BCUT2D eigenvalue weighted by Crippen LogP contribution is -2.47. The Morgan fingerprint density at radius 1 is 1.00 bits per heavy atom. The number of aryl methyl sites for hydroxylation is 2. The molecule has 0 N–H and O–H groups in total. The Bertz CT molecular complexity index is 1250. The maximum atomic E-state index is 12.3. The van der Waals surface area contributed by atoms with Crippen LogP contribution in [0.15, 0.2) is 57.9 Å². The topological polar surface area (TPSA) is 54.5 Å². The van der Waals surface area contributed by atoms with Crippen LogP contribution >= 0.6 is 0 Å². The molecule has 1 saturated heterocycles. The van der Waals surface area contributed by atoms with Crippen molar-refractivity contribution in [3.05, 3.63) is 70.2 Å². The summed E-state index contributed by atoms with van der Waals surface area (Å²) >= 11 is 0. The number of benzene rings is 2. The molecule has 29 heavy (non-hydrogen) atoms. The van der Waals surface area contributed by atoms with Crippen molar-refractivity contribution < 1.29 is 4.42 Å². The molecule has 0 atom stereocenters. The van der Waals surface area contributed by atoms with Gasteiger partial charge in [0.05, 0.1) is 6.67 Å². The standard InChI is InChI=1S/C23H24N4O2/c1-16-7-8-20(17(2)13-16)26-11-9-25(10-12-26)15-27-14-19-22(24-27)18-5-3-4-6-21(18)29-23(19)28/h3-8,13-14H,9-12,15H2,1-2H3. The summed E-state index contributed by atoms with van der Waals surface area (Å²) in [6, 6.07) is 14.2. The van der Waals surface area contributed by atoms with Crippen LogP contribution in [-0.2, 0) is 6.67 Å². The van der Waals surface area contributed by atoms with Gasteiger partial charge in [-0.05, 0) is 37.6 Å². The van der Waals surface area contributed by atoms with Gasteiger partial charge in [-0.25, -0.2) is 4.79 Å². The number of para-hydroxylation sites is 1. The van der Waals surface area contributed by atoms with E-state index in [0.29, 0.717) is 23.2 Å². The van der Waals surface area contributed by atoms with Crippen molar-refractivity contribution in [3.63, 3.8) is 0 Å². The Kier molecular flexibility index (Phi) is 4.36. The molecule has 3 heterocycles. The molecule has 2 aromatic carbocycles. The van der Waals surface area contributed by atoms with Crippen LogP contribution in [0.25, 0.3) is 21.9 Å². The van der Waals surface area contributed by atoms with E-state index in [1.165, 1.54) is 16.8 Å². The second-order valence-corrected chi connectivity index (χ2v) is 7.85. The van der Waals surface area contributed by atoms with E-state index in [2.05, 4.69) is 41.8 Å². The molecule has 1 fully saturated rings. The summed E-state index contributed by atoms with van der Waals surface area (Å²) in [5, 5.41) is 6.11. The second-order valence-electron chi connectivity index (χ2n) is 7.85. The molecule has 2 aromatic heterocycles. The summed E-state index contributed by atoms with van der Waals surface area (Å²) in [5.41, 5.74) is 4.92. The molecule has 1 aliphatic rings. The zero-order valence-electron chi connectivity index (χ0n) is 16.8. The first-order valence-corrected chi connectivity index (χ1v) is 10.0. The highest BCUT2D eigenvalue weighted by atomic mass is 16.4. The van der Waals surface area contributed by atoms with Crippen molar-refractivity contribution in [1.29, 1.82) is 0 Å². The molecule has 0 bridgehead atoms. The molecular weight excluding hydrogens is 364 g/mol. The van der Waals surface area contributed by atoms with E-state index >= 15 is 0 Å². The van der Waals surface area contributed by atoms with Gasteiger partial charge in [-0.3, -0.25) is 9.58 Å². The normalized spacial score (nSPS) is 15.4. The van der Waals surface area contributed by atoms with E-state index in [1.807, 2.05) is 35.1 Å². The van der Waals surface area contributed by atoms with Crippen LogP contribution in [0, 0.1) is 13.8 Å². The van der Waals surface area contributed by atoms with Gasteiger partial charge in [-0.1, -0.05) is 29.8 Å². The number of anilines is 1. The Balaban J connectivity index is 1.34. The lowest BCUT2D eigenvalue weighted by Gasteiger charge is -2.36. The first-order valence-electron chi connectivity index (χ1n) is 10.0. The van der Waals surface area contributed by atoms with E-state index in [4.69, 9.17) is 9.52 Å². The largest absolute Gasteiger partial charge is 0.422 e. The van der Waals surface area contributed by atoms with Gasteiger partial charge in [0.25, 0.3) is 0 Å². The average molecular weight is 388 g/mol. The lowest BCUT2D eigenvalue weighted by molar-refractivity contribution is 0.196. The fraction of sp³-hybridized carbons (Fsp3) is 0.304. The molecule has 5 rings (SSSR count). The molecule has 6 heteroatoms. The molecule has 0 radical (unpaired) electrons. The zero-order valence-corrected chi connectivity index (χ0v) is 16.8. The minimum absolute atomic E-state index is 0.329. The Labute approximate surface area is 168 Å². The van der Waals surface area contributed by atoms with Gasteiger partial charge in [0, 0.05) is 43.4 Å². The first kappa shape index (κ1) is 17.9. The molecule has 4 aromatic rings. The summed E-state index contributed by atoms with van der Waals surface area (Å²) in [6.45, 7) is 8.86. The molecule has 6 nitrogen and oxygen atoms in total. The van der Waals surface area contributed by atoms with Crippen LogP contribution in [0.5, 0.6) is 0 Å². The van der Waals surface area contributed by atoms with E-state index in [9.17, 15) is 4.79 Å². The Morgan fingerprint density at radius 3 is 2.59 bits per heavy atom. The van der Waals surface area contributed by atoms with Crippen molar-refractivity contribution in [2.24, 2.45) is 0 Å². The van der Waals surface area contributed by atoms with Crippen LogP contribution in [0.1, 0.15) is 11.1 Å². The lowest BCUT2D eigenvalue weighted by atomic mass is 10.1. The molecular formula is C23H24N4O2. The van der Waals surface area contributed by atoms with Crippen molar-refractivity contribution in [3.8, 4) is 0 Å².